The van der Waals surface area contributed by atoms with E-state index in [9.17, 15) is 46.7 Å². The molecule has 7 rings (SSSR count). The fourth-order valence-electron chi connectivity index (χ4n) is 9.33. The summed E-state index contributed by atoms with van der Waals surface area (Å²) in [6.07, 6.45) is -7.15. The fraction of sp³-hybridized carbons (Fsp3) is 0.652. The van der Waals surface area contributed by atoms with Crippen molar-refractivity contribution in [2.24, 2.45) is 17.3 Å². The summed E-state index contributed by atoms with van der Waals surface area (Å²) in [7, 11) is -1.35. The Kier molecular flexibility index (Phi) is 14.8. The number of anilines is 1. The maximum Gasteiger partial charge on any atom is 0.514 e. The molecule has 0 spiro atoms. The van der Waals surface area contributed by atoms with Crippen molar-refractivity contribution in [3.05, 3.63) is 39.9 Å². The Morgan fingerprint density at radius 2 is 1.54 bits per heavy atom. The molecule has 0 radical (unpaired) electrons. The van der Waals surface area contributed by atoms with E-state index in [1.54, 1.807) is 27.7 Å². The van der Waals surface area contributed by atoms with Gasteiger partial charge in [-0.25, -0.2) is 24.2 Å². The number of benzene rings is 1. The highest BCUT2D eigenvalue weighted by Gasteiger charge is 2.68. The van der Waals surface area contributed by atoms with E-state index >= 15 is 0 Å². The third kappa shape index (κ3) is 11.8. The minimum atomic E-state index is -5.18. The van der Waals surface area contributed by atoms with Gasteiger partial charge < -0.3 is 43.8 Å². The molecule has 2 bridgehead atoms. The lowest BCUT2D eigenvalue weighted by atomic mass is 9.43. The van der Waals surface area contributed by atoms with Crippen molar-refractivity contribution in [3.63, 3.8) is 0 Å². The van der Waals surface area contributed by atoms with Crippen LogP contribution in [0.4, 0.5) is 32.7 Å². The number of hydrogen-bond donors (Lipinski definition) is 3. The second-order valence-corrected chi connectivity index (χ2v) is 22.5. The van der Waals surface area contributed by atoms with Gasteiger partial charge in [0.1, 0.15) is 22.4 Å². The second kappa shape index (κ2) is 19.3. The van der Waals surface area contributed by atoms with Crippen LogP contribution in [0, 0.1) is 17.3 Å². The molecule has 3 saturated carbocycles. The lowest BCUT2D eigenvalue weighted by molar-refractivity contribution is -0.199. The molecule has 6 amide bonds. The number of nitrogens with zero attached hydrogens (tertiary/aromatic N) is 3. The molecule has 1 aromatic heterocycles. The number of likely N-dealkylation sites (N-methyl/N-ethyl adjacent to an activating group) is 1. The number of carbonyl (C=O) groups is 7. The van der Waals surface area contributed by atoms with Gasteiger partial charge in [0.05, 0.1) is 28.9 Å². The Morgan fingerprint density at radius 3 is 2.13 bits per heavy atom. The van der Waals surface area contributed by atoms with Gasteiger partial charge in [0.15, 0.2) is 16.9 Å². The van der Waals surface area contributed by atoms with Crippen LogP contribution in [-0.4, -0.2) is 118 Å². The third-order valence-corrected chi connectivity index (χ3v) is 13.5. The number of halogens is 3. The van der Waals surface area contributed by atoms with Gasteiger partial charge in [0.25, 0.3) is 0 Å². The molecule has 5 aliphatic rings. The summed E-state index contributed by atoms with van der Waals surface area (Å²) in [4.78, 5) is 101. The summed E-state index contributed by atoms with van der Waals surface area (Å²) >= 11 is 0.862. The molecule has 2 aromatic rings. The molecule has 2 aliphatic heterocycles. The first kappa shape index (κ1) is 53.9. The van der Waals surface area contributed by atoms with E-state index in [-0.39, 0.29) is 53.3 Å². The van der Waals surface area contributed by atoms with E-state index in [0.29, 0.717) is 17.4 Å². The van der Waals surface area contributed by atoms with E-state index in [1.807, 2.05) is 6.92 Å². The first-order chi connectivity index (χ1) is 32.1. The van der Waals surface area contributed by atoms with Crippen molar-refractivity contribution in [3.8, 4) is 5.75 Å². The van der Waals surface area contributed by atoms with E-state index in [2.05, 4.69) is 34.8 Å². The number of carbonyl (C=O) groups excluding carboxylic acids is 7. The predicted octanol–water partition coefficient (Wildman–Crippen LogP) is 7.21. The monoisotopic (exact) mass is 1010 g/mol. The van der Waals surface area contributed by atoms with Crippen LogP contribution < -0.4 is 20.7 Å². The molecular weight excluding hydrogens is 944 g/mol. The van der Waals surface area contributed by atoms with Crippen molar-refractivity contribution in [1.29, 1.82) is 0 Å². The zero-order valence-corrected chi connectivity index (χ0v) is 42.4. The third-order valence-electron chi connectivity index (χ3n) is 12.7. The van der Waals surface area contributed by atoms with Crippen LogP contribution in [0.3, 0.4) is 0 Å². The largest absolute Gasteiger partial charge is 0.514 e. The van der Waals surface area contributed by atoms with Crippen LogP contribution in [0.2, 0.25) is 0 Å². The number of aromatic nitrogens is 1. The smallest absolute Gasteiger partial charge is 0.456 e. The Hall–Kier alpha value is -5.49. The van der Waals surface area contributed by atoms with Gasteiger partial charge in [-0.2, -0.15) is 13.2 Å². The van der Waals surface area contributed by atoms with Crippen LogP contribution in [0.25, 0.3) is 0 Å². The zero-order chi connectivity index (χ0) is 52.3. The Labute approximate surface area is 408 Å². The Morgan fingerprint density at radius 1 is 0.900 bits per heavy atom. The number of nitrogens with one attached hydrogen (secondary N) is 3. The van der Waals surface area contributed by atoms with Gasteiger partial charge in [-0.1, -0.05) is 19.9 Å². The van der Waals surface area contributed by atoms with Crippen molar-refractivity contribution in [1.82, 2.24) is 25.4 Å². The summed E-state index contributed by atoms with van der Waals surface area (Å²) in [5.74, 6) is -6.62. The molecule has 3 aliphatic carbocycles. The SMILES string of the molecule is CCN1CCN(C(=O)NC(C(=O)NC(Cc2ccc(C(F)(F)F)c(C(=O)OC(C)(C)C)c2OC(=O)OC(C)(C)C)B2O[C@@H]3C[C@@H]4C[C@@H](C4(C)C)[C@]3(C)O2)c2csc(NC(=O)OC(C)(C)C)n2)C(=O)C1=O. The molecule has 24 heteroatoms. The number of imide groups is 1. The Bertz CT molecular complexity index is 2410. The summed E-state index contributed by atoms with van der Waals surface area (Å²) < 4.78 is 79.7. The molecule has 70 heavy (non-hydrogen) atoms. The van der Waals surface area contributed by atoms with Crippen LogP contribution in [-0.2, 0) is 50.5 Å². The summed E-state index contributed by atoms with van der Waals surface area (Å²) in [5.41, 5.74) is -7.50. The second-order valence-electron chi connectivity index (χ2n) is 21.6. The molecule has 3 N–H and O–H groups in total. The highest BCUT2D eigenvalue weighted by molar-refractivity contribution is 7.14. The number of alkyl halides is 3. The average molecular weight is 1010 g/mol. The van der Waals surface area contributed by atoms with Crippen LogP contribution in [0.1, 0.15) is 136 Å². The first-order valence-corrected chi connectivity index (χ1v) is 23.9. The number of piperazine rings is 1. The van der Waals surface area contributed by atoms with E-state index in [1.165, 1.54) is 51.8 Å². The van der Waals surface area contributed by atoms with E-state index < -0.39 is 119 Å². The summed E-state index contributed by atoms with van der Waals surface area (Å²) in [6.45, 7) is 21.5. The number of thiazole rings is 1. The molecular formula is C46H62BF3N6O13S. The van der Waals surface area contributed by atoms with Crippen molar-refractivity contribution in [2.75, 3.05) is 25.0 Å². The van der Waals surface area contributed by atoms with Crippen molar-refractivity contribution in [2.45, 2.75) is 156 Å². The molecule has 2 unspecified atom stereocenters. The summed E-state index contributed by atoms with van der Waals surface area (Å²) in [6, 6.07) is -1.34. The quantitative estimate of drug-likeness (QED) is 0.0664. The van der Waals surface area contributed by atoms with Crippen LogP contribution in [0.5, 0.6) is 5.75 Å². The van der Waals surface area contributed by atoms with E-state index in [0.717, 1.165) is 23.8 Å². The molecule has 6 atom stereocenters. The van der Waals surface area contributed by atoms with Crippen molar-refractivity contribution >= 4 is 65.6 Å². The van der Waals surface area contributed by atoms with Gasteiger partial charge in [0, 0.05) is 25.0 Å². The highest BCUT2D eigenvalue weighted by atomic mass is 32.1. The maximum absolute atomic E-state index is 15.0. The van der Waals surface area contributed by atoms with Crippen molar-refractivity contribution < 1.29 is 75.0 Å². The minimum absolute atomic E-state index is 0.00707. The molecule has 384 valence electrons. The predicted molar refractivity (Wildman–Crippen MR) is 246 cm³/mol. The lowest BCUT2D eigenvalue weighted by Gasteiger charge is -2.64. The molecule has 2 saturated heterocycles. The standard InChI is InChI=1S/C46H62BF3N6O13S/c1-14-55-17-18-56(35(59)34(55)58)38(61)53-31(26-22-70-37(51-26)54-39(62)66-42(5,6)7)33(57)52-29(47-68-28-21-24-20-27(44(24,11)12)45(28,13)69-47)19-23-15-16-25(46(48,49)50)30(36(60)65-41(2,3)4)32(23)64-40(63)67-43(8,9)10/h15-16,22,24,27-29,31H,14,17-21H2,1-13H3,(H,52,57)(H,53,61)(H,51,54,62)/t24-,27-,28+,29?,31?,45-/m0/s1. The molecule has 3 heterocycles. The number of esters is 1. The minimum Gasteiger partial charge on any atom is -0.456 e. The van der Waals surface area contributed by atoms with Gasteiger partial charge in [-0.3, -0.25) is 24.6 Å². The number of urea groups is 1. The van der Waals surface area contributed by atoms with Gasteiger partial charge in [-0.15, -0.1) is 11.3 Å². The molecule has 5 fully saturated rings. The van der Waals surface area contributed by atoms with Crippen LogP contribution >= 0.6 is 11.3 Å². The average Bonchev–Trinajstić information content (AvgIpc) is 3.81. The number of rotatable bonds is 11. The number of hydrogen-bond acceptors (Lipinski definition) is 15. The lowest BCUT2D eigenvalue weighted by Crippen LogP contribution is -2.65. The normalized spacial score (nSPS) is 23.1. The van der Waals surface area contributed by atoms with Gasteiger partial charge in [0.2, 0.25) is 5.91 Å². The zero-order valence-electron chi connectivity index (χ0n) is 41.6. The molecule has 1 aromatic carbocycles. The van der Waals surface area contributed by atoms with Gasteiger partial charge in [-0.05, 0) is 124 Å². The first-order valence-electron chi connectivity index (χ1n) is 23.0. The fourth-order valence-corrected chi connectivity index (χ4v) is 10.0. The number of ether oxygens (including phenoxy) is 4. The highest BCUT2D eigenvalue weighted by Crippen LogP contribution is 2.66. The molecule has 19 nitrogen and oxygen atoms in total. The van der Waals surface area contributed by atoms with Gasteiger partial charge >= 0.3 is 49.4 Å². The topological polar surface area (TPSA) is 230 Å². The Balaban J connectivity index is 1.45. The van der Waals surface area contributed by atoms with E-state index in [4.69, 9.17) is 28.3 Å². The summed E-state index contributed by atoms with van der Waals surface area (Å²) in [5, 5.41) is 9.08. The van der Waals surface area contributed by atoms with Crippen LogP contribution in [0.15, 0.2) is 17.5 Å². The number of amides is 6. The maximum atomic E-state index is 15.0.